The number of hydrogen-bond donors (Lipinski definition) is 1. The molecule has 1 aromatic rings. The molecule has 2 N–H and O–H groups in total. The third-order valence-electron chi connectivity index (χ3n) is 4.17. The highest BCUT2D eigenvalue weighted by atomic mass is 35.5. The van der Waals surface area contributed by atoms with Crippen LogP contribution < -0.4 is 5.73 Å². The van der Waals surface area contributed by atoms with E-state index in [1.165, 1.54) is 0 Å². The van der Waals surface area contributed by atoms with Crippen LogP contribution in [0, 0.1) is 5.92 Å². The highest BCUT2D eigenvalue weighted by Crippen LogP contribution is 2.29. The summed E-state index contributed by atoms with van der Waals surface area (Å²) in [5.74, 6) is 1.29. The Morgan fingerprint density at radius 2 is 2.00 bits per heavy atom. The minimum atomic E-state index is -0.731. The summed E-state index contributed by atoms with van der Waals surface area (Å²) in [5.41, 5.74) is 5.47. The second kappa shape index (κ2) is 8.78. The van der Waals surface area contributed by atoms with E-state index in [4.69, 9.17) is 15.0 Å². The van der Waals surface area contributed by atoms with Gasteiger partial charge in [-0.1, -0.05) is 31.8 Å². The van der Waals surface area contributed by atoms with E-state index in [0.717, 1.165) is 25.7 Å². The summed E-state index contributed by atoms with van der Waals surface area (Å²) in [6.45, 7) is 6.96. The molecule has 1 aromatic heterocycles. The van der Waals surface area contributed by atoms with Crippen LogP contribution >= 0.6 is 12.4 Å². The average molecular weight is 361 g/mol. The topological polar surface area (TPSA) is 94.5 Å². The summed E-state index contributed by atoms with van der Waals surface area (Å²) < 4.78 is 10.9. The van der Waals surface area contributed by atoms with E-state index < -0.39 is 5.54 Å². The fourth-order valence-electron chi connectivity index (χ4n) is 2.78. The van der Waals surface area contributed by atoms with Crippen molar-refractivity contribution in [2.24, 2.45) is 11.7 Å². The first-order valence-electron chi connectivity index (χ1n) is 8.30. The van der Waals surface area contributed by atoms with Gasteiger partial charge in [0.25, 0.3) is 0 Å². The van der Waals surface area contributed by atoms with Crippen molar-refractivity contribution in [3.05, 3.63) is 11.7 Å². The first-order valence-corrected chi connectivity index (χ1v) is 8.30. The predicted molar refractivity (Wildman–Crippen MR) is 92.6 cm³/mol. The number of aromatic nitrogens is 2. The number of nitrogens with zero attached hydrogens (tertiary/aromatic N) is 3. The highest BCUT2D eigenvalue weighted by Gasteiger charge is 2.39. The molecule has 24 heavy (non-hydrogen) atoms. The van der Waals surface area contributed by atoms with Gasteiger partial charge >= 0.3 is 0 Å². The molecule has 7 nitrogen and oxygen atoms in total. The molecule has 1 atom stereocenters. The number of amides is 1. The zero-order valence-electron chi connectivity index (χ0n) is 14.9. The van der Waals surface area contributed by atoms with Gasteiger partial charge in [-0.3, -0.25) is 4.79 Å². The van der Waals surface area contributed by atoms with E-state index in [1.807, 2.05) is 6.92 Å². The van der Waals surface area contributed by atoms with Gasteiger partial charge in [0.15, 0.2) is 5.82 Å². The van der Waals surface area contributed by atoms with E-state index >= 15 is 0 Å². The molecule has 8 heteroatoms. The summed E-state index contributed by atoms with van der Waals surface area (Å²) in [7, 11) is 1.72. The van der Waals surface area contributed by atoms with E-state index in [-0.39, 0.29) is 31.0 Å². The molecule has 1 saturated carbocycles. The number of carbonyl (C=O) groups excluding carboxylic acids is 1. The lowest BCUT2D eigenvalue weighted by atomic mass is 9.97. The zero-order valence-corrected chi connectivity index (χ0v) is 15.8. The molecule has 0 saturated heterocycles. The molecule has 0 bridgehead atoms. The molecule has 0 aliphatic heterocycles. The van der Waals surface area contributed by atoms with Gasteiger partial charge in [-0.05, 0) is 25.7 Å². The third kappa shape index (κ3) is 5.16. The van der Waals surface area contributed by atoms with Gasteiger partial charge in [-0.2, -0.15) is 4.98 Å². The van der Waals surface area contributed by atoms with Crippen molar-refractivity contribution in [2.45, 2.75) is 64.6 Å². The fraction of sp³-hybridized carbons (Fsp3) is 0.812. The summed E-state index contributed by atoms with van der Waals surface area (Å²) in [4.78, 5) is 18.4. The van der Waals surface area contributed by atoms with Crippen LogP contribution in [-0.2, 0) is 16.1 Å². The summed E-state index contributed by atoms with van der Waals surface area (Å²) >= 11 is 0. The Morgan fingerprint density at radius 3 is 2.58 bits per heavy atom. The Morgan fingerprint density at radius 1 is 1.38 bits per heavy atom. The molecule has 1 aliphatic rings. The van der Waals surface area contributed by atoms with Crippen molar-refractivity contribution < 1.29 is 14.1 Å². The molecule has 0 spiro atoms. The van der Waals surface area contributed by atoms with Crippen molar-refractivity contribution in [2.75, 3.05) is 13.7 Å². The Hall–Kier alpha value is -1.18. The molecular weight excluding hydrogens is 332 g/mol. The summed E-state index contributed by atoms with van der Waals surface area (Å²) in [6, 6.07) is 0. The van der Waals surface area contributed by atoms with E-state index in [1.54, 1.807) is 11.9 Å². The minimum absolute atomic E-state index is 0. The maximum Gasteiger partial charge on any atom is 0.246 e. The maximum atomic E-state index is 12.5. The van der Waals surface area contributed by atoms with Gasteiger partial charge < -0.3 is 19.9 Å². The number of rotatable bonds is 7. The number of halogens is 1. The van der Waals surface area contributed by atoms with Crippen molar-refractivity contribution in [3.8, 4) is 0 Å². The molecule has 1 heterocycles. The van der Waals surface area contributed by atoms with Crippen LogP contribution in [0.1, 0.15) is 64.3 Å². The Kier molecular flexibility index (Phi) is 7.63. The predicted octanol–water partition coefficient (Wildman–Crippen LogP) is 2.45. The van der Waals surface area contributed by atoms with Gasteiger partial charge in [0, 0.05) is 13.7 Å². The number of ether oxygens (including phenoxy) is 1. The molecular formula is C16H29ClN4O3. The molecule has 138 valence electrons. The molecule has 1 fully saturated rings. The Balaban J connectivity index is 0.00000288. The summed E-state index contributed by atoms with van der Waals surface area (Å²) in [5, 5.41) is 3.94. The molecule has 1 unspecified atom stereocenters. The van der Waals surface area contributed by atoms with Crippen molar-refractivity contribution in [1.82, 2.24) is 15.0 Å². The normalized spacial score (nSPS) is 17.6. The number of likely N-dealkylation sites (N-methyl/N-ethyl adjacent to an activating group) is 1. The number of nitrogens with two attached hydrogens (primary N) is 1. The Bertz CT molecular complexity index is 529. The lowest BCUT2D eigenvalue weighted by Gasteiger charge is -2.27. The SMILES string of the molecule is CC(C)COC(C)c1noc(CN(C)C(=O)C2(N)CCCC2)n1.Cl. The van der Waals surface area contributed by atoms with Crippen LogP contribution in [0.4, 0.5) is 0 Å². The van der Waals surface area contributed by atoms with Crippen molar-refractivity contribution in [1.29, 1.82) is 0 Å². The van der Waals surface area contributed by atoms with Gasteiger partial charge in [-0.15, -0.1) is 12.4 Å². The van der Waals surface area contributed by atoms with Crippen LogP contribution in [0.15, 0.2) is 4.52 Å². The largest absolute Gasteiger partial charge is 0.370 e. The number of hydrogen-bond acceptors (Lipinski definition) is 6. The second-order valence-corrected chi connectivity index (χ2v) is 6.94. The molecule has 0 radical (unpaired) electrons. The molecule has 2 rings (SSSR count). The van der Waals surface area contributed by atoms with Gasteiger partial charge in [0.2, 0.25) is 11.8 Å². The first-order chi connectivity index (χ1) is 10.8. The smallest absolute Gasteiger partial charge is 0.246 e. The standard InChI is InChI=1S/C16H28N4O3.ClH/c1-11(2)10-22-12(3)14-18-13(23-19-14)9-20(4)15(21)16(17)7-5-6-8-16;/h11-12H,5-10,17H2,1-4H3;1H. The van der Waals surface area contributed by atoms with Crippen LogP contribution in [0.2, 0.25) is 0 Å². The molecule has 1 amide bonds. The van der Waals surface area contributed by atoms with Crippen LogP contribution in [0.5, 0.6) is 0 Å². The van der Waals surface area contributed by atoms with Crippen LogP contribution in [0.3, 0.4) is 0 Å². The lowest BCUT2D eigenvalue weighted by Crippen LogP contribution is -2.52. The molecule has 0 aromatic carbocycles. The average Bonchev–Trinajstić information content (AvgIpc) is 3.14. The van der Waals surface area contributed by atoms with E-state index in [9.17, 15) is 4.79 Å². The number of carbonyl (C=O) groups is 1. The monoisotopic (exact) mass is 360 g/mol. The van der Waals surface area contributed by atoms with E-state index in [0.29, 0.717) is 24.2 Å². The minimum Gasteiger partial charge on any atom is -0.370 e. The van der Waals surface area contributed by atoms with Crippen LogP contribution in [0.25, 0.3) is 0 Å². The Labute approximate surface area is 149 Å². The zero-order chi connectivity index (χ0) is 17.0. The lowest BCUT2D eigenvalue weighted by molar-refractivity contribution is -0.136. The quantitative estimate of drug-likeness (QED) is 0.802. The van der Waals surface area contributed by atoms with Gasteiger partial charge in [-0.25, -0.2) is 0 Å². The second-order valence-electron chi connectivity index (χ2n) is 6.94. The van der Waals surface area contributed by atoms with Crippen molar-refractivity contribution in [3.63, 3.8) is 0 Å². The summed E-state index contributed by atoms with van der Waals surface area (Å²) in [6.07, 6.45) is 3.26. The fourth-order valence-corrected chi connectivity index (χ4v) is 2.78. The van der Waals surface area contributed by atoms with Gasteiger partial charge in [0.05, 0.1) is 12.1 Å². The maximum absolute atomic E-state index is 12.5. The third-order valence-corrected chi connectivity index (χ3v) is 4.17. The van der Waals surface area contributed by atoms with Crippen LogP contribution in [-0.4, -0.2) is 40.1 Å². The highest BCUT2D eigenvalue weighted by molar-refractivity contribution is 5.86. The van der Waals surface area contributed by atoms with Crippen molar-refractivity contribution >= 4 is 18.3 Å². The first kappa shape index (κ1) is 20.9. The van der Waals surface area contributed by atoms with Gasteiger partial charge in [0.1, 0.15) is 6.10 Å². The molecule has 1 aliphatic carbocycles. The van der Waals surface area contributed by atoms with E-state index in [2.05, 4.69) is 24.0 Å².